The van der Waals surface area contributed by atoms with Gasteiger partial charge in [-0.1, -0.05) is 24.3 Å². The van der Waals surface area contributed by atoms with Gasteiger partial charge in [-0.15, -0.1) is 0 Å². The van der Waals surface area contributed by atoms with E-state index in [1.807, 2.05) is 23.1 Å². The maximum absolute atomic E-state index is 12.3. The lowest BCUT2D eigenvalue weighted by Crippen LogP contribution is -2.36. The fraction of sp³-hybridized carbons (Fsp3) is 0.409. The predicted octanol–water partition coefficient (Wildman–Crippen LogP) is 2.06. The Labute approximate surface area is 178 Å². The van der Waals surface area contributed by atoms with Crippen molar-refractivity contribution in [1.82, 2.24) is 10.2 Å². The van der Waals surface area contributed by atoms with Crippen LogP contribution >= 0.6 is 0 Å². The third-order valence-electron chi connectivity index (χ3n) is 5.46. The van der Waals surface area contributed by atoms with E-state index < -0.39 is 10.0 Å². The van der Waals surface area contributed by atoms with Crippen molar-refractivity contribution in [2.45, 2.75) is 43.2 Å². The number of carbonyl (C=O) groups excluding carboxylic acids is 1. The summed E-state index contributed by atoms with van der Waals surface area (Å²) in [5.41, 5.74) is 2.15. The van der Waals surface area contributed by atoms with Gasteiger partial charge >= 0.3 is 0 Å². The van der Waals surface area contributed by atoms with Crippen LogP contribution in [0.5, 0.6) is 5.75 Å². The normalized spacial score (nSPS) is 16.8. The molecule has 1 aliphatic heterocycles. The smallest absolute Gasteiger partial charge is 0.238 e. The first-order valence-electron chi connectivity index (χ1n) is 10.1. The van der Waals surface area contributed by atoms with Crippen LogP contribution in [0.1, 0.15) is 30.4 Å². The summed E-state index contributed by atoms with van der Waals surface area (Å²) in [5.74, 6) is 1.04. The molecule has 1 saturated heterocycles. The first-order chi connectivity index (χ1) is 14.4. The number of benzene rings is 2. The molecule has 0 saturated carbocycles. The van der Waals surface area contributed by atoms with E-state index in [1.165, 1.54) is 12.1 Å². The molecule has 3 rings (SSSR count). The molecule has 0 aromatic heterocycles. The zero-order valence-corrected chi connectivity index (χ0v) is 18.0. The fourth-order valence-corrected chi connectivity index (χ4v) is 4.30. The number of methoxy groups -OCH3 is 1. The molecular weight excluding hydrogens is 402 g/mol. The molecule has 0 unspecified atom stereocenters. The molecule has 0 radical (unpaired) electrons. The Balaban J connectivity index is 1.47. The monoisotopic (exact) mass is 431 g/mol. The summed E-state index contributed by atoms with van der Waals surface area (Å²) in [6.45, 7) is 2.22. The van der Waals surface area contributed by atoms with Crippen molar-refractivity contribution in [1.29, 1.82) is 0 Å². The van der Waals surface area contributed by atoms with Crippen LogP contribution in [0.4, 0.5) is 0 Å². The van der Waals surface area contributed by atoms with Crippen molar-refractivity contribution in [2.24, 2.45) is 5.14 Å². The lowest BCUT2D eigenvalue weighted by atomic mass is 10.1. The van der Waals surface area contributed by atoms with Gasteiger partial charge in [0.15, 0.2) is 0 Å². The molecule has 1 amide bonds. The van der Waals surface area contributed by atoms with Gasteiger partial charge in [-0.2, -0.15) is 0 Å². The number of amides is 1. The highest BCUT2D eigenvalue weighted by Crippen LogP contribution is 2.22. The molecule has 1 heterocycles. The van der Waals surface area contributed by atoms with Crippen LogP contribution in [-0.2, 0) is 27.8 Å². The lowest BCUT2D eigenvalue weighted by Gasteiger charge is -2.25. The highest BCUT2D eigenvalue weighted by atomic mass is 32.2. The summed E-state index contributed by atoms with van der Waals surface area (Å²) < 4.78 is 28.0. The number of sulfonamides is 1. The molecular formula is C22H29N3O4S. The number of nitrogens with zero attached hydrogens (tertiary/aromatic N) is 1. The Morgan fingerprint density at radius 3 is 2.63 bits per heavy atom. The number of primary sulfonamides is 1. The Kier molecular flexibility index (Phi) is 7.47. The van der Waals surface area contributed by atoms with Gasteiger partial charge in [0.25, 0.3) is 0 Å². The van der Waals surface area contributed by atoms with Crippen LogP contribution in [0.15, 0.2) is 53.4 Å². The van der Waals surface area contributed by atoms with E-state index in [0.29, 0.717) is 19.4 Å². The minimum Gasteiger partial charge on any atom is -0.497 e. The van der Waals surface area contributed by atoms with Gasteiger partial charge in [0.1, 0.15) is 5.75 Å². The van der Waals surface area contributed by atoms with Crippen LogP contribution in [-0.4, -0.2) is 45.5 Å². The fourth-order valence-electron chi connectivity index (χ4n) is 3.78. The second-order valence-electron chi connectivity index (χ2n) is 7.54. The van der Waals surface area contributed by atoms with E-state index in [9.17, 15) is 13.2 Å². The first kappa shape index (κ1) is 22.3. The van der Waals surface area contributed by atoms with Crippen LogP contribution in [0, 0.1) is 0 Å². The quantitative estimate of drug-likeness (QED) is 0.561. The number of likely N-dealkylation sites (tertiary alicyclic amines) is 1. The molecule has 2 aromatic rings. The van der Waals surface area contributed by atoms with Crippen molar-refractivity contribution in [3.63, 3.8) is 0 Å². The number of hydrogen-bond donors (Lipinski definition) is 2. The number of nitrogens with two attached hydrogens (primary N) is 1. The van der Waals surface area contributed by atoms with Crippen molar-refractivity contribution in [3.8, 4) is 5.75 Å². The largest absolute Gasteiger partial charge is 0.497 e. The first-order valence-corrected chi connectivity index (χ1v) is 11.7. The van der Waals surface area contributed by atoms with E-state index in [1.54, 1.807) is 19.2 Å². The van der Waals surface area contributed by atoms with Crippen molar-refractivity contribution in [2.75, 3.05) is 20.2 Å². The molecule has 1 fully saturated rings. The number of ether oxygens (including phenoxy) is 1. The highest BCUT2D eigenvalue weighted by molar-refractivity contribution is 7.89. The van der Waals surface area contributed by atoms with E-state index in [0.717, 1.165) is 42.8 Å². The van der Waals surface area contributed by atoms with Crippen LogP contribution in [0.25, 0.3) is 0 Å². The Morgan fingerprint density at radius 2 is 1.93 bits per heavy atom. The third-order valence-corrected chi connectivity index (χ3v) is 6.39. The van der Waals surface area contributed by atoms with Crippen LogP contribution in [0.2, 0.25) is 0 Å². The van der Waals surface area contributed by atoms with Crippen molar-refractivity contribution < 1.29 is 17.9 Å². The molecule has 0 aliphatic carbocycles. The highest BCUT2D eigenvalue weighted by Gasteiger charge is 2.29. The molecule has 0 spiro atoms. The average molecular weight is 432 g/mol. The second-order valence-corrected chi connectivity index (χ2v) is 9.10. The zero-order chi connectivity index (χ0) is 21.6. The molecule has 7 nitrogen and oxygen atoms in total. The topological polar surface area (TPSA) is 102 Å². The minimum absolute atomic E-state index is 0.100. The second kappa shape index (κ2) is 10.1. The van der Waals surface area contributed by atoms with E-state index in [2.05, 4.69) is 11.4 Å². The molecule has 1 aliphatic rings. The summed E-state index contributed by atoms with van der Waals surface area (Å²) in [6.07, 6.45) is 3.05. The third kappa shape index (κ3) is 6.04. The zero-order valence-electron chi connectivity index (χ0n) is 17.2. The van der Waals surface area contributed by atoms with Crippen LogP contribution in [0.3, 0.4) is 0 Å². The number of nitrogens with one attached hydrogen (secondary N) is 1. The predicted molar refractivity (Wildman–Crippen MR) is 116 cm³/mol. The van der Waals surface area contributed by atoms with Gasteiger partial charge in [-0.3, -0.25) is 4.79 Å². The molecule has 30 heavy (non-hydrogen) atoms. The molecule has 8 heteroatoms. The summed E-state index contributed by atoms with van der Waals surface area (Å²) in [7, 11) is -2.02. The van der Waals surface area contributed by atoms with Gasteiger partial charge < -0.3 is 15.0 Å². The summed E-state index contributed by atoms with van der Waals surface area (Å²) in [6, 6.07) is 14.7. The molecule has 2 aromatic carbocycles. The van der Waals surface area contributed by atoms with E-state index in [4.69, 9.17) is 9.88 Å². The maximum Gasteiger partial charge on any atom is 0.238 e. The summed E-state index contributed by atoms with van der Waals surface area (Å²) >= 11 is 0. The van der Waals surface area contributed by atoms with E-state index >= 15 is 0 Å². The minimum atomic E-state index is -3.68. The van der Waals surface area contributed by atoms with Gasteiger partial charge in [-0.05, 0) is 61.2 Å². The SMILES string of the molecule is COc1cccc(CNCC[C@H]2CCC(=O)N2CCc2ccc(S(N)(=O)=O)cc2)c1. The maximum atomic E-state index is 12.3. The van der Waals surface area contributed by atoms with Gasteiger partial charge in [0.05, 0.1) is 12.0 Å². The number of hydrogen-bond acceptors (Lipinski definition) is 5. The summed E-state index contributed by atoms with van der Waals surface area (Å²) in [4.78, 5) is 14.4. The van der Waals surface area contributed by atoms with E-state index in [-0.39, 0.29) is 16.8 Å². The van der Waals surface area contributed by atoms with Crippen molar-refractivity contribution >= 4 is 15.9 Å². The molecule has 0 bridgehead atoms. The Hall–Kier alpha value is -2.42. The standard InChI is InChI=1S/C22H29N3O4S/c1-29-20-4-2-3-18(15-20)16-24-13-11-19-7-10-22(26)25(19)14-12-17-5-8-21(9-6-17)30(23,27)28/h2-6,8-9,15,19,24H,7,10-14,16H2,1H3,(H2,23,27,28)/t19-/m1/s1. The Bertz CT molecular complexity index is 961. The number of rotatable bonds is 10. The van der Waals surface area contributed by atoms with Gasteiger partial charge in [-0.25, -0.2) is 13.6 Å². The summed E-state index contributed by atoms with van der Waals surface area (Å²) in [5, 5.41) is 8.58. The molecule has 162 valence electrons. The number of carbonyl (C=O) groups is 1. The van der Waals surface area contributed by atoms with Crippen molar-refractivity contribution in [3.05, 3.63) is 59.7 Å². The lowest BCUT2D eigenvalue weighted by molar-refractivity contribution is -0.129. The van der Waals surface area contributed by atoms with Gasteiger partial charge in [0, 0.05) is 25.6 Å². The molecule has 3 N–H and O–H groups in total. The average Bonchev–Trinajstić information content (AvgIpc) is 3.09. The molecule has 1 atom stereocenters. The Morgan fingerprint density at radius 1 is 1.17 bits per heavy atom. The van der Waals surface area contributed by atoms with Gasteiger partial charge in [0.2, 0.25) is 15.9 Å². The van der Waals surface area contributed by atoms with Crippen LogP contribution < -0.4 is 15.2 Å².